The number of anilines is 1. The van der Waals surface area contributed by atoms with E-state index in [4.69, 9.17) is 28.9 Å². The van der Waals surface area contributed by atoms with Crippen LogP contribution in [0.15, 0.2) is 22.1 Å². The fourth-order valence-corrected chi connectivity index (χ4v) is 5.91. The van der Waals surface area contributed by atoms with Gasteiger partial charge in [0.25, 0.3) is 15.1 Å². The minimum absolute atomic E-state index is 0.225. The van der Waals surface area contributed by atoms with E-state index in [9.17, 15) is 48.0 Å². The Hall–Kier alpha value is -1.89. The van der Waals surface area contributed by atoms with E-state index in [-0.39, 0.29) is 11.8 Å². The molecule has 2 aromatic rings. The first-order chi connectivity index (χ1) is 16.1. The molecule has 0 aliphatic carbocycles. The van der Waals surface area contributed by atoms with E-state index >= 15 is 0 Å². The number of primary amides is 1. The lowest BCUT2D eigenvalue weighted by atomic mass is 10.2. The van der Waals surface area contributed by atoms with Crippen molar-refractivity contribution >= 4 is 65.7 Å². The maximum Gasteiger partial charge on any atom is 0.502 e. The third-order valence-electron chi connectivity index (χ3n) is 4.27. The zero-order valence-electron chi connectivity index (χ0n) is 17.8. The van der Waals surface area contributed by atoms with E-state index in [1.54, 1.807) is 0 Å². The van der Waals surface area contributed by atoms with Crippen LogP contribution in [0.2, 0.25) is 10.0 Å². The highest BCUT2D eigenvalue weighted by Crippen LogP contribution is 2.45. The monoisotopic (exact) mass is 622 g/mol. The second kappa shape index (κ2) is 10.1. The number of amides is 1. The van der Waals surface area contributed by atoms with Crippen molar-refractivity contribution in [3.8, 4) is 5.69 Å². The summed E-state index contributed by atoms with van der Waals surface area (Å²) in [7, 11) is -9.04. The van der Waals surface area contributed by atoms with Crippen LogP contribution in [-0.2, 0) is 25.9 Å². The summed E-state index contributed by atoms with van der Waals surface area (Å²) in [5, 5.41) is -0.455. The Morgan fingerprint density at radius 3 is 2.00 bits per heavy atom. The molecule has 36 heavy (non-hydrogen) atoms. The average Bonchev–Trinajstić information content (AvgIpc) is 3.01. The Labute approximate surface area is 214 Å². The van der Waals surface area contributed by atoms with Crippen LogP contribution in [0.3, 0.4) is 0 Å². The molecule has 0 atom stereocenters. The summed E-state index contributed by atoms with van der Waals surface area (Å²) in [5.74, 6) is -1.67. The molecule has 0 saturated carbocycles. The Morgan fingerprint density at radius 1 is 1.11 bits per heavy atom. The van der Waals surface area contributed by atoms with Gasteiger partial charge in [0.1, 0.15) is 20.6 Å². The fourth-order valence-electron chi connectivity index (χ4n) is 2.72. The zero-order valence-corrected chi connectivity index (χ0v) is 21.7. The summed E-state index contributed by atoms with van der Waals surface area (Å²) in [6.07, 6.45) is -4.13. The van der Waals surface area contributed by atoms with Crippen molar-refractivity contribution in [1.29, 1.82) is 0 Å². The molecule has 1 aromatic carbocycles. The highest BCUT2D eigenvalue weighted by Gasteiger charge is 2.52. The number of sulfone groups is 2. The van der Waals surface area contributed by atoms with Gasteiger partial charge < -0.3 is 10.6 Å². The first kappa shape index (κ1) is 30.3. The van der Waals surface area contributed by atoms with Crippen LogP contribution in [0.1, 0.15) is 5.56 Å². The number of carbonyl (C=O) groups excluding carboxylic acids is 1. The van der Waals surface area contributed by atoms with Crippen molar-refractivity contribution in [3.05, 3.63) is 27.7 Å². The molecule has 0 aliphatic rings. The average molecular weight is 623 g/mol. The first-order valence-corrected chi connectivity index (χ1v) is 14.1. The smallest absolute Gasteiger partial charge is 0.360 e. The predicted molar refractivity (Wildman–Crippen MR) is 120 cm³/mol. The Kier molecular flexibility index (Phi) is 8.52. The molecule has 0 bridgehead atoms. The van der Waals surface area contributed by atoms with E-state index in [1.165, 1.54) is 0 Å². The largest absolute Gasteiger partial charge is 0.502 e. The minimum Gasteiger partial charge on any atom is -0.360 e. The third kappa shape index (κ3) is 6.51. The number of halogens is 8. The summed E-state index contributed by atoms with van der Waals surface area (Å²) < 4.78 is 129. The van der Waals surface area contributed by atoms with Gasteiger partial charge in [-0.25, -0.2) is 21.5 Å². The molecular formula is C16H14Cl2F6N4O5S3. The molecule has 202 valence electrons. The van der Waals surface area contributed by atoms with E-state index < -0.39 is 85.9 Å². The van der Waals surface area contributed by atoms with E-state index in [2.05, 4.69) is 5.10 Å². The number of hydrogen-bond donors (Lipinski definition) is 1. The number of rotatable bonds is 7. The number of nitrogens with zero attached hydrogens (tertiary/aromatic N) is 3. The molecule has 2 N–H and O–H groups in total. The molecule has 0 spiro atoms. The molecule has 2 rings (SSSR count). The Balaban J connectivity index is 3.02. The molecule has 0 saturated heterocycles. The van der Waals surface area contributed by atoms with Gasteiger partial charge in [-0.1, -0.05) is 23.2 Å². The summed E-state index contributed by atoms with van der Waals surface area (Å²) in [5.41, 5.74) is -2.96. The lowest BCUT2D eigenvalue weighted by molar-refractivity contribution is -0.137. The van der Waals surface area contributed by atoms with Crippen molar-refractivity contribution < 1.29 is 48.0 Å². The second-order valence-electron chi connectivity index (χ2n) is 7.08. The van der Waals surface area contributed by atoms with Crippen molar-refractivity contribution in [3.63, 3.8) is 0 Å². The highest BCUT2D eigenvalue weighted by atomic mass is 35.5. The minimum atomic E-state index is -6.30. The molecule has 0 fully saturated rings. The molecule has 0 unspecified atom stereocenters. The number of alkyl halides is 6. The number of carbonyl (C=O) groups is 1. The molecule has 1 aromatic heterocycles. The van der Waals surface area contributed by atoms with Crippen molar-refractivity contribution in [2.45, 2.75) is 21.6 Å². The van der Waals surface area contributed by atoms with Gasteiger partial charge in [0.2, 0.25) is 0 Å². The van der Waals surface area contributed by atoms with Gasteiger partial charge in [0, 0.05) is 19.8 Å². The zero-order chi connectivity index (χ0) is 28.0. The lowest BCUT2D eigenvalue weighted by Crippen LogP contribution is -2.30. The number of hydrogen-bond acceptors (Lipinski definition) is 8. The fraction of sp³-hybridized carbons (Fsp3) is 0.375. The topological polar surface area (TPSA) is 132 Å². The van der Waals surface area contributed by atoms with Crippen LogP contribution in [-0.4, -0.2) is 63.0 Å². The van der Waals surface area contributed by atoms with Gasteiger partial charge in [-0.2, -0.15) is 31.4 Å². The lowest BCUT2D eigenvalue weighted by Gasteiger charge is -2.23. The molecule has 1 amide bonds. The number of aromatic nitrogens is 2. The van der Waals surface area contributed by atoms with E-state index in [0.717, 1.165) is 18.2 Å². The summed E-state index contributed by atoms with van der Waals surface area (Å²) in [4.78, 5) is 10.6. The quantitative estimate of drug-likeness (QED) is 0.360. The van der Waals surface area contributed by atoms with Gasteiger partial charge in [0.05, 0.1) is 21.4 Å². The standard InChI is InChI=1S/C16H14Cl2F6N4O5S3/c1-27(3-4-35(2,30)31)13-11(36(32,33)16(22,23)24)12(34-14(25)29)26-28(13)10-8(17)5-7(6-9(10)18)15(19,20)21/h5-6H,3-4H2,1-2H3,(H2,25,29). The summed E-state index contributed by atoms with van der Waals surface area (Å²) in [6.45, 7) is -0.610. The third-order valence-corrected chi connectivity index (χ3v) is 8.11. The number of thioether (sulfide) groups is 1. The first-order valence-electron chi connectivity index (χ1n) is 8.95. The van der Waals surface area contributed by atoms with E-state index in [0.29, 0.717) is 16.8 Å². The highest BCUT2D eigenvalue weighted by molar-refractivity contribution is 8.13. The normalized spacial score (nSPS) is 13.2. The van der Waals surface area contributed by atoms with Gasteiger partial charge in [0.15, 0.2) is 10.7 Å². The van der Waals surface area contributed by atoms with Gasteiger partial charge in [-0.05, 0) is 23.9 Å². The van der Waals surface area contributed by atoms with Crippen LogP contribution in [0.4, 0.5) is 37.0 Å². The van der Waals surface area contributed by atoms with Crippen LogP contribution < -0.4 is 10.6 Å². The number of nitrogens with two attached hydrogens (primary N) is 1. The van der Waals surface area contributed by atoms with Crippen LogP contribution in [0.25, 0.3) is 5.69 Å². The molecule has 20 heteroatoms. The van der Waals surface area contributed by atoms with Crippen molar-refractivity contribution in [1.82, 2.24) is 9.78 Å². The molecule has 0 radical (unpaired) electrons. The Morgan fingerprint density at radius 2 is 1.61 bits per heavy atom. The van der Waals surface area contributed by atoms with Crippen LogP contribution in [0.5, 0.6) is 0 Å². The maximum absolute atomic E-state index is 13.6. The second-order valence-corrected chi connectivity index (χ2v) is 13.0. The summed E-state index contributed by atoms with van der Waals surface area (Å²) in [6, 6.07) is 0.729. The van der Waals surface area contributed by atoms with Crippen molar-refractivity contribution in [2.75, 3.05) is 30.5 Å². The molecule has 9 nitrogen and oxygen atoms in total. The van der Waals surface area contributed by atoms with E-state index in [1.807, 2.05) is 0 Å². The molecule has 1 heterocycles. The SMILES string of the molecule is CN(CCS(C)(=O)=O)c1c(S(=O)(=O)C(F)(F)F)c(SC(N)=O)nn1-c1c(Cl)cc(C(F)(F)F)cc1Cl. The summed E-state index contributed by atoms with van der Waals surface area (Å²) >= 11 is 11.7. The van der Waals surface area contributed by atoms with Crippen LogP contribution >= 0.6 is 35.0 Å². The van der Waals surface area contributed by atoms with Gasteiger partial charge in [-0.15, -0.1) is 0 Å². The predicted octanol–water partition coefficient (Wildman–Crippen LogP) is 4.14. The number of benzene rings is 1. The molecular weight excluding hydrogens is 609 g/mol. The van der Waals surface area contributed by atoms with Gasteiger partial charge in [-0.3, -0.25) is 4.79 Å². The molecule has 0 aliphatic heterocycles. The Bertz CT molecular complexity index is 1390. The van der Waals surface area contributed by atoms with Crippen molar-refractivity contribution in [2.24, 2.45) is 5.73 Å². The maximum atomic E-state index is 13.6. The van der Waals surface area contributed by atoms with Gasteiger partial charge >= 0.3 is 11.7 Å². The van der Waals surface area contributed by atoms with Crippen LogP contribution in [0, 0.1) is 0 Å².